The average molecular weight is 519 g/mol. The Morgan fingerprint density at radius 1 is 1.14 bits per heavy atom. The molecule has 29 heavy (non-hydrogen) atoms. The fraction of sp³-hybridized carbons (Fsp3) is 0.857. The Bertz CT molecular complexity index is 565. The van der Waals surface area contributed by atoms with Crippen molar-refractivity contribution in [3.05, 3.63) is 0 Å². The smallest absolute Gasteiger partial charge is 0.225 e. The summed E-state index contributed by atoms with van der Waals surface area (Å²) in [7, 11) is 0. The zero-order valence-electron chi connectivity index (χ0n) is 17.8. The molecule has 2 saturated heterocycles. The topological polar surface area (TPSA) is 77.0 Å². The molecule has 1 atom stereocenters. The molecule has 2 N–H and O–H groups in total. The van der Waals surface area contributed by atoms with Crippen LogP contribution in [0, 0.1) is 5.92 Å². The fourth-order valence-electron chi connectivity index (χ4n) is 4.59. The van der Waals surface area contributed by atoms with Gasteiger partial charge in [-0.2, -0.15) is 0 Å². The summed E-state index contributed by atoms with van der Waals surface area (Å²) in [5.74, 6) is 1.72. The second-order valence-electron chi connectivity index (χ2n) is 8.35. The van der Waals surface area contributed by atoms with Crippen LogP contribution in [-0.4, -0.2) is 72.9 Å². The molecule has 7 nitrogen and oxygen atoms in total. The van der Waals surface area contributed by atoms with Gasteiger partial charge in [-0.05, 0) is 39.0 Å². The molecule has 1 aliphatic carbocycles. The fourth-order valence-corrected chi connectivity index (χ4v) is 4.59. The van der Waals surface area contributed by atoms with Gasteiger partial charge in [-0.15, -0.1) is 24.0 Å². The summed E-state index contributed by atoms with van der Waals surface area (Å²) >= 11 is 0. The summed E-state index contributed by atoms with van der Waals surface area (Å²) in [4.78, 5) is 33.1. The molecule has 2 amide bonds. The second-order valence-corrected chi connectivity index (χ2v) is 8.35. The Hall–Kier alpha value is -1.06. The van der Waals surface area contributed by atoms with Crippen LogP contribution < -0.4 is 10.6 Å². The molecule has 8 heteroatoms. The molecule has 1 unspecified atom stereocenters. The van der Waals surface area contributed by atoms with Gasteiger partial charge >= 0.3 is 0 Å². The van der Waals surface area contributed by atoms with Crippen LogP contribution in [0.2, 0.25) is 0 Å². The maximum atomic E-state index is 12.7. The minimum absolute atomic E-state index is 0. The third-order valence-electron chi connectivity index (χ3n) is 6.17. The van der Waals surface area contributed by atoms with E-state index >= 15 is 0 Å². The van der Waals surface area contributed by atoms with E-state index in [0.29, 0.717) is 18.9 Å². The third kappa shape index (κ3) is 7.29. The first-order chi connectivity index (χ1) is 13.7. The molecule has 2 aliphatic heterocycles. The van der Waals surface area contributed by atoms with Crippen LogP contribution in [0.15, 0.2) is 4.99 Å². The number of nitrogens with one attached hydrogen (secondary N) is 2. The van der Waals surface area contributed by atoms with E-state index in [4.69, 9.17) is 0 Å². The number of carbonyl (C=O) groups excluding carboxylic acids is 2. The first-order valence-electron chi connectivity index (χ1n) is 11.3. The van der Waals surface area contributed by atoms with Gasteiger partial charge in [0.2, 0.25) is 11.8 Å². The highest BCUT2D eigenvalue weighted by Gasteiger charge is 2.31. The molecular weight excluding hydrogens is 481 g/mol. The van der Waals surface area contributed by atoms with Gasteiger partial charge in [-0.1, -0.05) is 19.3 Å². The van der Waals surface area contributed by atoms with Crippen molar-refractivity contribution in [3.63, 3.8) is 0 Å². The molecule has 0 spiro atoms. The van der Waals surface area contributed by atoms with E-state index in [1.165, 1.54) is 19.3 Å². The number of carbonyl (C=O) groups is 2. The van der Waals surface area contributed by atoms with Crippen molar-refractivity contribution in [3.8, 4) is 0 Å². The predicted octanol–water partition coefficient (Wildman–Crippen LogP) is 2.35. The quantitative estimate of drug-likeness (QED) is 0.234. The van der Waals surface area contributed by atoms with Gasteiger partial charge in [0.15, 0.2) is 5.96 Å². The summed E-state index contributed by atoms with van der Waals surface area (Å²) in [6.07, 6.45) is 9.37. The van der Waals surface area contributed by atoms with E-state index in [9.17, 15) is 9.59 Å². The Balaban J connectivity index is 0.00000300. The largest absolute Gasteiger partial charge is 0.357 e. The normalized spacial score (nSPS) is 23.3. The van der Waals surface area contributed by atoms with Crippen molar-refractivity contribution < 1.29 is 9.59 Å². The zero-order chi connectivity index (χ0) is 19.8. The molecule has 0 aromatic carbocycles. The molecule has 0 bridgehead atoms. The summed E-state index contributed by atoms with van der Waals surface area (Å²) in [5.41, 5.74) is 0. The van der Waals surface area contributed by atoms with Crippen molar-refractivity contribution in [1.29, 1.82) is 0 Å². The lowest BCUT2D eigenvalue weighted by atomic mass is 9.88. The first-order valence-corrected chi connectivity index (χ1v) is 11.3. The second kappa shape index (κ2) is 12.6. The molecule has 1 saturated carbocycles. The van der Waals surface area contributed by atoms with Crippen molar-refractivity contribution in [2.24, 2.45) is 10.9 Å². The van der Waals surface area contributed by atoms with Crippen molar-refractivity contribution in [2.45, 2.75) is 70.8 Å². The van der Waals surface area contributed by atoms with E-state index in [0.717, 1.165) is 70.8 Å². The average Bonchev–Trinajstić information content (AvgIpc) is 3.34. The van der Waals surface area contributed by atoms with Crippen LogP contribution in [0.4, 0.5) is 0 Å². The first kappa shape index (κ1) is 24.2. The van der Waals surface area contributed by atoms with Crippen LogP contribution in [0.3, 0.4) is 0 Å². The summed E-state index contributed by atoms with van der Waals surface area (Å²) in [6.45, 7) is 6.91. The van der Waals surface area contributed by atoms with E-state index in [1.807, 2.05) is 4.90 Å². The molecule has 3 fully saturated rings. The maximum Gasteiger partial charge on any atom is 0.225 e. The van der Waals surface area contributed by atoms with Crippen LogP contribution >= 0.6 is 24.0 Å². The zero-order valence-corrected chi connectivity index (χ0v) is 20.2. The van der Waals surface area contributed by atoms with Crippen LogP contribution in [0.5, 0.6) is 0 Å². The molecular formula is C21H38IN5O2. The molecule has 3 aliphatic rings. The summed E-state index contributed by atoms with van der Waals surface area (Å²) in [6, 6.07) is 0.269. The predicted molar refractivity (Wildman–Crippen MR) is 127 cm³/mol. The van der Waals surface area contributed by atoms with E-state index < -0.39 is 0 Å². The van der Waals surface area contributed by atoms with Crippen molar-refractivity contribution in [2.75, 3.05) is 39.3 Å². The Labute approximate surface area is 192 Å². The third-order valence-corrected chi connectivity index (χ3v) is 6.17. The Morgan fingerprint density at radius 2 is 1.93 bits per heavy atom. The van der Waals surface area contributed by atoms with Crippen LogP contribution in [0.25, 0.3) is 0 Å². The van der Waals surface area contributed by atoms with Crippen molar-refractivity contribution in [1.82, 2.24) is 20.4 Å². The van der Waals surface area contributed by atoms with Gasteiger partial charge in [0.1, 0.15) is 0 Å². The molecule has 0 radical (unpaired) electrons. The number of guanidine groups is 1. The molecule has 166 valence electrons. The minimum atomic E-state index is 0. The SMILES string of the molecule is CCNC(=NCCCN1CCCC1=O)NC1CCN(C(=O)C2CCCCC2)C1.I. The summed E-state index contributed by atoms with van der Waals surface area (Å²) in [5, 5.41) is 6.82. The van der Waals surface area contributed by atoms with E-state index in [-0.39, 0.29) is 41.8 Å². The highest BCUT2D eigenvalue weighted by Crippen LogP contribution is 2.26. The Morgan fingerprint density at radius 3 is 2.62 bits per heavy atom. The monoisotopic (exact) mass is 519 g/mol. The summed E-state index contributed by atoms with van der Waals surface area (Å²) < 4.78 is 0. The lowest BCUT2D eigenvalue weighted by Gasteiger charge is -2.26. The molecule has 3 rings (SSSR count). The number of hydrogen-bond donors (Lipinski definition) is 2. The molecule has 2 heterocycles. The lowest BCUT2D eigenvalue weighted by molar-refractivity contribution is -0.135. The lowest BCUT2D eigenvalue weighted by Crippen LogP contribution is -2.45. The standard InChI is InChI=1S/C21H37N5O2.HI/c1-2-22-21(23-12-7-14-25-13-6-10-19(25)27)24-18-11-15-26(16-18)20(28)17-8-4-3-5-9-17;/h17-18H,2-16H2,1H3,(H2,22,23,24);1H. The Kier molecular flexibility index (Phi) is 10.5. The number of nitrogens with zero attached hydrogens (tertiary/aromatic N) is 3. The van der Waals surface area contributed by atoms with Crippen LogP contribution in [0.1, 0.15) is 64.7 Å². The number of rotatable bonds is 7. The number of hydrogen-bond acceptors (Lipinski definition) is 3. The van der Waals surface area contributed by atoms with E-state index in [1.54, 1.807) is 0 Å². The van der Waals surface area contributed by atoms with Gasteiger partial charge in [0.05, 0.1) is 0 Å². The minimum Gasteiger partial charge on any atom is -0.357 e. The highest BCUT2D eigenvalue weighted by atomic mass is 127. The van der Waals surface area contributed by atoms with Gasteiger partial charge < -0.3 is 20.4 Å². The molecule has 0 aromatic heterocycles. The number of amides is 2. The van der Waals surface area contributed by atoms with Crippen LogP contribution in [-0.2, 0) is 9.59 Å². The van der Waals surface area contributed by atoms with Gasteiger partial charge in [-0.3, -0.25) is 14.6 Å². The van der Waals surface area contributed by atoms with Gasteiger partial charge in [0, 0.05) is 57.6 Å². The van der Waals surface area contributed by atoms with E-state index in [2.05, 4.69) is 27.4 Å². The molecule has 0 aromatic rings. The number of likely N-dealkylation sites (tertiary alicyclic amines) is 2. The number of halogens is 1. The maximum absolute atomic E-state index is 12.7. The van der Waals surface area contributed by atoms with Crippen molar-refractivity contribution >= 4 is 41.8 Å². The van der Waals surface area contributed by atoms with Gasteiger partial charge in [-0.25, -0.2) is 0 Å². The van der Waals surface area contributed by atoms with Gasteiger partial charge in [0.25, 0.3) is 0 Å². The number of aliphatic imine (C=N–C) groups is 1. The highest BCUT2D eigenvalue weighted by molar-refractivity contribution is 14.0.